The van der Waals surface area contributed by atoms with Gasteiger partial charge in [-0.05, 0) is 60.2 Å². The minimum absolute atomic E-state index is 0.0805. The van der Waals surface area contributed by atoms with Gasteiger partial charge in [-0.1, -0.05) is 47.5 Å². The molecule has 0 saturated heterocycles. The lowest BCUT2D eigenvalue weighted by molar-refractivity contribution is -0.119. The average Bonchev–Trinajstić information content (AvgIpc) is 3.03. The molecule has 230 valence electrons. The molecule has 0 bridgehead atoms. The summed E-state index contributed by atoms with van der Waals surface area (Å²) in [6, 6.07) is 22.7. The summed E-state index contributed by atoms with van der Waals surface area (Å²) >= 11 is 12.2. The first-order chi connectivity index (χ1) is 21.2. The molecule has 0 aliphatic rings. The van der Waals surface area contributed by atoms with Crippen molar-refractivity contribution in [3.8, 4) is 23.0 Å². The van der Waals surface area contributed by atoms with Crippen molar-refractivity contribution in [3.05, 3.63) is 106 Å². The Morgan fingerprint density at radius 2 is 1.52 bits per heavy atom. The maximum absolute atomic E-state index is 13.7. The number of sulfonamides is 1. The van der Waals surface area contributed by atoms with Crippen LogP contribution in [-0.2, 0) is 21.4 Å². The number of carbonyl (C=O) groups is 1. The van der Waals surface area contributed by atoms with Crippen molar-refractivity contribution in [1.82, 2.24) is 5.43 Å². The van der Waals surface area contributed by atoms with Crippen LogP contribution >= 0.6 is 23.2 Å². The number of hydrogen-bond donors (Lipinski definition) is 1. The van der Waals surface area contributed by atoms with Crippen LogP contribution in [0.25, 0.3) is 0 Å². The standard InChI is InChI=1S/C31H29Cl2N3O7S/c1-40-27-14-12-25(17-30(27)42-3)44(38,39)36(24-7-5-4-6-8-24)19-31(37)35-34-18-21-9-13-28(29(15-21)41-2)43-20-22-10-11-23(32)16-26(22)33/h4-18H,19-20H2,1-3H3,(H,35,37)/b34-18-. The molecule has 10 nitrogen and oxygen atoms in total. The zero-order chi connectivity index (χ0) is 31.7. The first-order valence-corrected chi connectivity index (χ1v) is 15.2. The summed E-state index contributed by atoms with van der Waals surface area (Å²) in [4.78, 5) is 12.8. The molecule has 4 aromatic carbocycles. The van der Waals surface area contributed by atoms with Gasteiger partial charge in [-0.2, -0.15) is 5.10 Å². The second-order valence-electron chi connectivity index (χ2n) is 9.09. The molecule has 0 aliphatic heterocycles. The number of rotatable bonds is 13. The van der Waals surface area contributed by atoms with E-state index >= 15 is 0 Å². The maximum Gasteiger partial charge on any atom is 0.264 e. The van der Waals surface area contributed by atoms with Crippen molar-refractivity contribution in [2.75, 3.05) is 32.2 Å². The van der Waals surface area contributed by atoms with E-state index in [1.54, 1.807) is 66.7 Å². The largest absolute Gasteiger partial charge is 0.493 e. The Morgan fingerprint density at radius 3 is 2.20 bits per heavy atom. The number of benzene rings is 4. The summed E-state index contributed by atoms with van der Waals surface area (Å²) in [7, 11) is 0.163. The van der Waals surface area contributed by atoms with E-state index in [2.05, 4.69) is 10.5 Å². The van der Waals surface area contributed by atoms with E-state index in [-0.39, 0.29) is 17.3 Å². The summed E-state index contributed by atoms with van der Waals surface area (Å²) in [5.41, 5.74) is 4.03. The lowest BCUT2D eigenvalue weighted by Crippen LogP contribution is -2.39. The van der Waals surface area contributed by atoms with Gasteiger partial charge in [-0.3, -0.25) is 9.10 Å². The van der Waals surface area contributed by atoms with Gasteiger partial charge < -0.3 is 18.9 Å². The highest BCUT2D eigenvalue weighted by Crippen LogP contribution is 2.32. The zero-order valence-corrected chi connectivity index (χ0v) is 26.3. The Morgan fingerprint density at radius 1 is 0.841 bits per heavy atom. The lowest BCUT2D eigenvalue weighted by Gasteiger charge is -2.24. The number of carbonyl (C=O) groups excluding carboxylic acids is 1. The van der Waals surface area contributed by atoms with Gasteiger partial charge in [-0.25, -0.2) is 13.8 Å². The van der Waals surface area contributed by atoms with Crippen LogP contribution in [-0.4, -0.2) is 48.4 Å². The second kappa shape index (κ2) is 14.8. The third kappa shape index (κ3) is 7.93. The van der Waals surface area contributed by atoms with Gasteiger partial charge in [0.1, 0.15) is 13.2 Å². The number of para-hydroxylation sites is 1. The highest BCUT2D eigenvalue weighted by atomic mass is 35.5. The van der Waals surface area contributed by atoms with E-state index < -0.39 is 22.5 Å². The maximum atomic E-state index is 13.7. The van der Waals surface area contributed by atoms with E-state index in [4.69, 9.17) is 42.1 Å². The van der Waals surface area contributed by atoms with Crippen molar-refractivity contribution >= 4 is 51.0 Å². The van der Waals surface area contributed by atoms with Crippen molar-refractivity contribution in [3.63, 3.8) is 0 Å². The number of ether oxygens (including phenoxy) is 4. The number of anilines is 1. The van der Waals surface area contributed by atoms with Crippen LogP contribution in [0, 0.1) is 0 Å². The molecule has 1 N–H and O–H groups in total. The third-order valence-electron chi connectivity index (χ3n) is 6.26. The Labute approximate surface area is 265 Å². The molecule has 1 amide bonds. The summed E-state index contributed by atoms with van der Waals surface area (Å²) in [6.45, 7) is -0.346. The molecular formula is C31H29Cl2N3O7S. The summed E-state index contributed by atoms with van der Waals surface area (Å²) < 4.78 is 50.2. The van der Waals surface area contributed by atoms with Crippen LogP contribution in [0.1, 0.15) is 11.1 Å². The molecule has 0 spiro atoms. The fourth-order valence-electron chi connectivity index (χ4n) is 4.04. The molecule has 4 aromatic rings. The van der Waals surface area contributed by atoms with Crippen LogP contribution in [0.5, 0.6) is 23.0 Å². The first kappa shape index (κ1) is 32.5. The number of methoxy groups -OCH3 is 3. The summed E-state index contributed by atoms with van der Waals surface area (Å²) in [6.07, 6.45) is 1.40. The van der Waals surface area contributed by atoms with E-state index in [9.17, 15) is 13.2 Å². The predicted molar refractivity (Wildman–Crippen MR) is 170 cm³/mol. The van der Waals surface area contributed by atoms with E-state index in [0.29, 0.717) is 38.5 Å². The Hall–Kier alpha value is -4.45. The van der Waals surface area contributed by atoms with Crippen LogP contribution in [0.3, 0.4) is 0 Å². The van der Waals surface area contributed by atoms with Crippen molar-refractivity contribution < 1.29 is 32.2 Å². The zero-order valence-electron chi connectivity index (χ0n) is 24.0. The number of amides is 1. The molecule has 0 radical (unpaired) electrons. The highest BCUT2D eigenvalue weighted by Gasteiger charge is 2.28. The molecule has 0 atom stereocenters. The van der Waals surface area contributed by atoms with E-state index in [1.807, 2.05) is 0 Å². The number of nitrogens with zero attached hydrogens (tertiary/aromatic N) is 2. The van der Waals surface area contributed by atoms with Gasteiger partial charge in [-0.15, -0.1) is 0 Å². The van der Waals surface area contributed by atoms with E-state index in [0.717, 1.165) is 9.87 Å². The quantitative estimate of drug-likeness (QED) is 0.140. The van der Waals surface area contributed by atoms with Gasteiger partial charge >= 0.3 is 0 Å². The van der Waals surface area contributed by atoms with Crippen molar-refractivity contribution in [2.45, 2.75) is 11.5 Å². The Bertz CT molecular complexity index is 1750. The molecule has 0 fully saturated rings. The van der Waals surface area contributed by atoms with Crippen LogP contribution in [0.4, 0.5) is 5.69 Å². The van der Waals surface area contributed by atoms with Crippen LogP contribution < -0.4 is 28.7 Å². The van der Waals surface area contributed by atoms with Crippen molar-refractivity contribution in [2.24, 2.45) is 5.10 Å². The van der Waals surface area contributed by atoms with Gasteiger partial charge in [0, 0.05) is 21.7 Å². The van der Waals surface area contributed by atoms with E-state index in [1.165, 1.54) is 45.7 Å². The summed E-state index contributed by atoms with van der Waals surface area (Å²) in [5.74, 6) is 0.837. The molecule has 44 heavy (non-hydrogen) atoms. The van der Waals surface area contributed by atoms with Crippen LogP contribution in [0.2, 0.25) is 10.0 Å². The second-order valence-corrected chi connectivity index (χ2v) is 11.8. The van der Waals surface area contributed by atoms with Gasteiger partial charge in [0.05, 0.1) is 38.1 Å². The molecular weight excluding hydrogens is 629 g/mol. The minimum Gasteiger partial charge on any atom is -0.493 e. The normalized spacial score (nSPS) is 11.2. The van der Waals surface area contributed by atoms with Gasteiger partial charge in [0.25, 0.3) is 15.9 Å². The first-order valence-electron chi connectivity index (χ1n) is 13.0. The minimum atomic E-state index is -4.19. The van der Waals surface area contributed by atoms with Gasteiger partial charge in [0.15, 0.2) is 23.0 Å². The molecule has 0 aliphatic carbocycles. The fourth-order valence-corrected chi connectivity index (χ4v) is 5.94. The number of halogens is 2. The lowest BCUT2D eigenvalue weighted by atomic mass is 10.2. The predicted octanol–water partition coefficient (Wildman–Crippen LogP) is 5.94. The number of nitrogens with one attached hydrogen (secondary N) is 1. The average molecular weight is 659 g/mol. The molecule has 0 unspecified atom stereocenters. The molecule has 0 aromatic heterocycles. The molecule has 13 heteroatoms. The molecule has 0 heterocycles. The monoisotopic (exact) mass is 657 g/mol. The van der Waals surface area contributed by atoms with Gasteiger partial charge in [0.2, 0.25) is 0 Å². The van der Waals surface area contributed by atoms with Crippen LogP contribution in [0.15, 0.2) is 94.9 Å². The topological polar surface area (TPSA) is 116 Å². The Balaban J connectivity index is 1.47. The SMILES string of the molecule is COc1ccc(S(=O)(=O)N(CC(=O)N/N=C\c2ccc(OCc3ccc(Cl)cc3Cl)c(OC)c2)c2ccccc2)cc1OC. The van der Waals surface area contributed by atoms with Crippen molar-refractivity contribution in [1.29, 1.82) is 0 Å². The smallest absolute Gasteiger partial charge is 0.264 e. The molecule has 0 saturated carbocycles. The highest BCUT2D eigenvalue weighted by molar-refractivity contribution is 7.92. The molecule has 4 rings (SSSR count). The fraction of sp³-hybridized carbons (Fsp3) is 0.161. The Kier molecular flexibility index (Phi) is 10.9. The number of hydrogen-bond acceptors (Lipinski definition) is 8. The number of hydrazone groups is 1. The summed E-state index contributed by atoms with van der Waals surface area (Å²) in [5, 5.41) is 5.01. The third-order valence-corrected chi connectivity index (χ3v) is 8.62.